The molecule has 5 nitrogen and oxygen atoms in total. The van der Waals surface area contributed by atoms with Crippen molar-refractivity contribution in [2.45, 2.75) is 24.8 Å². The summed E-state index contributed by atoms with van der Waals surface area (Å²) >= 11 is 3.71. The van der Waals surface area contributed by atoms with Gasteiger partial charge in [0.1, 0.15) is 0 Å². The van der Waals surface area contributed by atoms with E-state index in [1.807, 2.05) is 54.6 Å². The van der Waals surface area contributed by atoms with Crippen LogP contribution in [0, 0.1) is 0 Å². The topological polar surface area (TPSA) is 59.6 Å². The lowest BCUT2D eigenvalue weighted by Gasteiger charge is -2.30. The highest BCUT2D eigenvalue weighted by Gasteiger charge is 2.37. The van der Waals surface area contributed by atoms with Crippen molar-refractivity contribution in [3.05, 3.63) is 93.6 Å². The van der Waals surface area contributed by atoms with Gasteiger partial charge in [-0.2, -0.15) is 0 Å². The Bertz CT molecular complexity index is 1260. The molecule has 0 aromatic heterocycles. The Kier molecular flexibility index (Phi) is 4.68. The molecule has 0 radical (unpaired) electrons. The van der Waals surface area contributed by atoms with Crippen molar-refractivity contribution in [1.29, 1.82) is 0 Å². The van der Waals surface area contributed by atoms with E-state index in [2.05, 4.69) is 38.7 Å². The van der Waals surface area contributed by atoms with Crippen LogP contribution < -0.4 is 20.1 Å². The van der Waals surface area contributed by atoms with Crippen molar-refractivity contribution in [2.24, 2.45) is 0 Å². The van der Waals surface area contributed by atoms with Crippen molar-refractivity contribution in [3.8, 4) is 11.5 Å². The van der Waals surface area contributed by atoms with Crippen molar-refractivity contribution in [1.82, 2.24) is 0 Å². The zero-order valence-corrected chi connectivity index (χ0v) is 18.8. The van der Waals surface area contributed by atoms with Crippen LogP contribution >= 0.6 is 15.9 Å². The van der Waals surface area contributed by atoms with Crippen LogP contribution in [-0.2, 0) is 4.79 Å². The number of allylic oxidation sites excluding steroid dienone is 1. The number of benzene rings is 3. The molecule has 0 fully saturated rings. The number of hydrogen-bond donors (Lipinski definition) is 2. The minimum absolute atomic E-state index is 0.154. The zero-order chi connectivity index (χ0) is 21.7. The Hall–Kier alpha value is -3.25. The van der Waals surface area contributed by atoms with Crippen LogP contribution in [0.15, 0.2) is 82.5 Å². The Morgan fingerprint density at radius 2 is 1.59 bits per heavy atom. The van der Waals surface area contributed by atoms with Gasteiger partial charge in [0.15, 0.2) is 17.3 Å². The fourth-order valence-electron chi connectivity index (χ4n) is 4.84. The molecule has 6 rings (SSSR count). The largest absolute Gasteiger partial charge is 0.454 e. The third-order valence-electron chi connectivity index (χ3n) is 6.38. The number of nitrogens with one attached hydrogen (secondary N) is 2. The molecule has 0 amide bonds. The summed E-state index contributed by atoms with van der Waals surface area (Å²) in [4.78, 5) is 13.6. The van der Waals surface area contributed by atoms with E-state index >= 15 is 0 Å². The maximum atomic E-state index is 13.6. The Labute approximate surface area is 194 Å². The second-order valence-electron chi connectivity index (χ2n) is 8.31. The molecular formula is C26H21BrN2O3. The van der Waals surface area contributed by atoms with E-state index in [0.717, 1.165) is 39.1 Å². The number of para-hydroxylation sites is 2. The van der Waals surface area contributed by atoms with Gasteiger partial charge in [0.05, 0.1) is 17.4 Å². The fourth-order valence-corrected chi connectivity index (χ4v) is 5.39. The van der Waals surface area contributed by atoms with Crippen LogP contribution in [0.5, 0.6) is 11.5 Å². The Morgan fingerprint density at radius 3 is 2.41 bits per heavy atom. The number of ether oxygens (including phenoxy) is 2. The molecule has 3 aromatic carbocycles. The van der Waals surface area contributed by atoms with E-state index in [-0.39, 0.29) is 24.5 Å². The van der Waals surface area contributed by atoms with Gasteiger partial charge in [0.2, 0.25) is 6.79 Å². The van der Waals surface area contributed by atoms with E-state index in [9.17, 15) is 4.79 Å². The number of carbonyl (C=O) groups is 1. The normalized spacial score (nSPS) is 21.2. The fraction of sp³-hybridized carbons (Fsp3) is 0.192. The second kappa shape index (κ2) is 7.71. The molecule has 0 spiro atoms. The molecule has 2 aliphatic heterocycles. The summed E-state index contributed by atoms with van der Waals surface area (Å²) in [6, 6.07) is 22.0. The first kappa shape index (κ1) is 19.4. The summed E-state index contributed by atoms with van der Waals surface area (Å²) in [6.45, 7) is 0.208. The minimum Gasteiger partial charge on any atom is -0.454 e. The molecule has 0 saturated heterocycles. The maximum absolute atomic E-state index is 13.6. The molecule has 0 saturated carbocycles. The van der Waals surface area contributed by atoms with Crippen LogP contribution in [-0.4, -0.2) is 12.6 Å². The highest BCUT2D eigenvalue weighted by molar-refractivity contribution is 9.10. The predicted octanol–water partition coefficient (Wildman–Crippen LogP) is 6.16. The van der Waals surface area contributed by atoms with E-state index in [1.165, 1.54) is 5.56 Å². The summed E-state index contributed by atoms with van der Waals surface area (Å²) in [5.41, 5.74) is 5.84. The monoisotopic (exact) mass is 488 g/mol. The number of hydrogen-bond acceptors (Lipinski definition) is 5. The first-order valence-corrected chi connectivity index (χ1v) is 11.5. The van der Waals surface area contributed by atoms with Crippen molar-refractivity contribution in [2.75, 3.05) is 17.4 Å². The number of anilines is 2. The van der Waals surface area contributed by atoms with Gasteiger partial charge in [-0.1, -0.05) is 58.4 Å². The number of halogens is 1. The van der Waals surface area contributed by atoms with Crippen LogP contribution in [0.4, 0.5) is 11.4 Å². The molecule has 3 aliphatic rings. The van der Waals surface area contributed by atoms with E-state index in [4.69, 9.17) is 9.47 Å². The maximum Gasteiger partial charge on any atom is 0.231 e. The summed E-state index contributed by atoms with van der Waals surface area (Å²) < 4.78 is 12.0. The van der Waals surface area contributed by atoms with Gasteiger partial charge in [-0.3, -0.25) is 4.79 Å². The van der Waals surface area contributed by atoms with E-state index in [1.54, 1.807) is 0 Å². The smallest absolute Gasteiger partial charge is 0.231 e. The van der Waals surface area contributed by atoms with Gasteiger partial charge in [-0.05, 0) is 47.7 Å². The standard InChI is InChI=1S/C26H21BrN2O3/c27-18-13-24-23(31-14-32-24)12-17(18)26-25-21(28-19-8-4-5-9-20(19)29-26)10-16(11-22(25)30)15-6-2-1-3-7-15/h1-9,12-13,16,26,28-29H,10-11,14H2/t16-,26-/m1/s1. The third kappa shape index (κ3) is 3.26. The summed E-state index contributed by atoms with van der Waals surface area (Å²) in [5.74, 6) is 1.72. The number of carbonyl (C=O) groups excluding carboxylic acids is 1. The van der Waals surface area contributed by atoms with Crippen molar-refractivity contribution < 1.29 is 14.3 Å². The average molecular weight is 489 g/mol. The van der Waals surface area contributed by atoms with Gasteiger partial charge in [-0.15, -0.1) is 0 Å². The number of fused-ring (bicyclic) bond motifs is 2. The van der Waals surface area contributed by atoms with Gasteiger partial charge in [0.25, 0.3) is 0 Å². The van der Waals surface area contributed by atoms with Crippen LogP contribution in [0.3, 0.4) is 0 Å². The summed E-state index contributed by atoms with van der Waals surface area (Å²) in [7, 11) is 0. The van der Waals surface area contributed by atoms with Crippen molar-refractivity contribution >= 4 is 33.1 Å². The molecule has 1 aliphatic carbocycles. The lowest BCUT2D eigenvalue weighted by atomic mass is 9.78. The van der Waals surface area contributed by atoms with Gasteiger partial charge in [-0.25, -0.2) is 0 Å². The molecule has 0 unspecified atom stereocenters. The van der Waals surface area contributed by atoms with Crippen LogP contribution in [0.25, 0.3) is 0 Å². The molecule has 32 heavy (non-hydrogen) atoms. The van der Waals surface area contributed by atoms with Gasteiger partial charge >= 0.3 is 0 Å². The SMILES string of the molecule is O=C1C[C@H](c2ccccc2)CC2=C1[C@@H](c1cc3c(cc1Br)OCO3)Nc1ccccc1N2. The van der Waals surface area contributed by atoms with E-state index < -0.39 is 0 Å². The average Bonchev–Trinajstić information content (AvgIpc) is 3.18. The van der Waals surface area contributed by atoms with Gasteiger partial charge in [0, 0.05) is 22.2 Å². The molecule has 2 heterocycles. The number of ketones is 1. The van der Waals surface area contributed by atoms with Crippen LogP contribution in [0.2, 0.25) is 0 Å². The first-order valence-electron chi connectivity index (χ1n) is 10.7. The quantitative estimate of drug-likeness (QED) is 0.452. The third-order valence-corrected chi connectivity index (χ3v) is 7.07. The summed E-state index contributed by atoms with van der Waals surface area (Å²) in [5, 5.41) is 7.21. The molecule has 160 valence electrons. The Morgan fingerprint density at radius 1 is 0.875 bits per heavy atom. The number of Topliss-reactive ketones (excluding diaryl/α,β-unsaturated/α-hetero) is 1. The highest BCUT2D eigenvalue weighted by atomic mass is 79.9. The van der Waals surface area contributed by atoms with Crippen molar-refractivity contribution in [3.63, 3.8) is 0 Å². The highest BCUT2D eigenvalue weighted by Crippen LogP contribution is 2.47. The van der Waals surface area contributed by atoms with Gasteiger partial charge < -0.3 is 20.1 Å². The first-order chi connectivity index (χ1) is 15.7. The molecule has 0 bridgehead atoms. The molecule has 3 aromatic rings. The number of rotatable bonds is 2. The molecule has 2 N–H and O–H groups in total. The van der Waals surface area contributed by atoms with Crippen LogP contribution in [0.1, 0.15) is 35.9 Å². The lowest BCUT2D eigenvalue weighted by Crippen LogP contribution is -2.27. The van der Waals surface area contributed by atoms with E-state index in [0.29, 0.717) is 17.9 Å². The molecule has 6 heteroatoms. The lowest BCUT2D eigenvalue weighted by molar-refractivity contribution is -0.116. The molecular weight excluding hydrogens is 468 g/mol. The Balaban J connectivity index is 1.49. The predicted molar refractivity (Wildman–Crippen MR) is 127 cm³/mol. The molecule has 2 atom stereocenters. The zero-order valence-electron chi connectivity index (χ0n) is 17.2. The summed E-state index contributed by atoms with van der Waals surface area (Å²) in [6.07, 6.45) is 1.26. The second-order valence-corrected chi connectivity index (χ2v) is 9.16. The minimum atomic E-state index is -0.311.